The zero-order chi connectivity index (χ0) is 52.7. The summed E-state index contributed by atoms with van der Waals surface area (Å²) in [7, 11) is 1.28. The van der Waals surface area contributed by atoms with E-state index in [2.05, 4.69) is 31.3 Å². The molecule has 3 atom stereocenters. The minimum Gasteiger partial charge on any atom is -0.756 e. The number of amides is 1. The van der Waals surface area contributed by atoms with Crippen molar-refractivity contribution in [2.75, 3.05) is 40.9 Å². The van der Waals surface area contributed by atoms with Gasteiger partial charge in [-0.3, -0.25) is 9.36 Å². The van der Waals surface area contributed by atoms with E-state index in [0.29, 0.717) is 17.4 Å². The second-order valence-corrected chi connectivity index (χ2v) is 24.5. The normalized spacial score (nSPS) is 13.9. The van der Waals surface area contributed by atoms with Crippen molar-refractivity contribution in [3.05, 3.63) is 24.3 Å². The van der Waals surface area contributed by atoms with Gasteiger partial charge in [0.2, 0.25) is 5.91 Å². The summed E-state index contributed by atoms with van der Waals surface area (Å²) in [6.45, 7) is 4.70. The molecule has 0 aliphatic heterocycles. The molecule has 8 nitrogen and oxygen atoms in total. The summed E-state index contributed by atoms with van der Waals surface area (Å²) in [5.74, 6) is -0.191. The fraction of sp³-hybridized carbons (Fsp3) is 0.921. The first kappa shape index (κ1) is 71.0. The first-order valence-electron chi connectivity index (χ1n) is 31.7. The molecule has 0 saturated heterocycles. The van der Waals surface area contributed by atoms with Crippen molar-refractivity contribution in [3.8, 4) is 0 Å². The Morgan fingerprint density at radius 1 is 0.472 bits per heavy atom. The summed E-state index contributed by atoms with van der Waals surface area (Å²) in [6, 6.07) is -0.885. The van der Waals surface area contributed by atoms with Crippen LogP contribution in [0.1, 0.15) is 322 Å². The largest absolute Gasteiger partial charge is 0.756 e. The second kappa shape index (κ2) is 54.8. The molecule has 0 aromatic heterocycles. The molecule has 0 aliphatic rings. The third-order valence-corrected chi connectivity index (χ3v) is 15.6. The number of nitrogens with one attached hydrogen (secondary N) is 1. The van der Waals surface area contributed by atoms with Crippen LogP contribution in [0.25, 0.3) is 0 Å². The predicted molar refractivity (Wildman–Crippen MR) is 312 cm³/mol. The Bertz CT molecular complexity index is 1220. The molecule has 0 saturated carbocycles. The number of rotatable bonds is 59. The summed E-state index contributed by atoms with van der Waals surface area (Å²) in [5.41, 5.74) is 0. The Morgan fingerprint density at radius 2 is 0.764 bits per heavy atom. The molecule has 2 N–H and O–H groups in total. The monoisotopic (exact) mass is 1040 g/mol. The Morgan fingerprint density at radius 3 is 1.08 bits per heavy atom. The average Bonchev–Trinajstić information content (AvgIpc) is 3.34. The van der Waals surface area contributed by atoms with Gasteiger partial charge in [0.25, 0.3) is 7.82 Å². The van der Waals surface area contributed by atoms with Crippen LogP contribution in [-0.2, 0) is 18.4 Å². The van der Waals surface area contributed by atoms with Crippen LogP contribution in [0, 0.1) is 0 Å². The minimum atomic E-state index is -4.60. The van der Waals surface area contributed by atoms with Crippen molar-refractivity contribution in [2.24, 2.45) is 0 Å². The Balaban J connectivity index is 4.12. The molecule has 0 fully saturated rings. The predicted octanol–water partition coefficient (Wildman–Crippen LogP) is 18.9. The number of aliphatic hydroxyl groups is 1. The average molecular weight is 1040 g/mol. The highest BCUT2D eigenvalue weighted by Crippen LogP contribution is 2.38. The van der Waals surface area contributed by atoms with E-state index in [1.54, 1.807) is 6.08 Å². The van der Waals surface area contributed by atoms with Gasteiger partial charge in [0.15, 0.2) is 0 Å². The lowest BCUT2D eigenvalue weighted by Crippen LogP contribution is -2.45. The fourth-order valence-electron chi connectivity index (χ4n) is 9.68. The van der Waals surface area contributed by atoms with Crippen LogP contribution in [0.4, 0.5) is 0 Å². The topological polar surface area (TPSA) is 108 Å². The number of likely N-dealkylation sites (N-methyl/N-ethyl adjacent to an activating group) is 1. The van der Waals surface area contributed by atoms with Gasteiger partial charge in [-0.25, -0.2) is 0 Å². The third-order valence-electron chi connectivity index (χ3n) is 14.7. The lowest BCUT2D eigenvalue weighted by Gasteiger charge is -2.29. The van der Waals surface area contributed by atoms with E-state index >= 15 is 0 Å². The van der Waals surface area contributed by atoms with E-state index in [-0.39, 0.29) is 19.1 Å². The minimum absolute atomic E-state index is 0.00145. The van der Waals surface area contributed by atoms with Crippen LogP contribution in [0.5, 0.6) is 0 Å². The molecule has 428 valence electrons. The molecule has 0 bridgehead atoms. The van der Waals surface area contributed by atoms with Crippen molar-refractivity contribution < 1.29 is 32.9 Å². The van der Waals surface area contributed by atoms with Crippen LogP contribution >= 0.6 is 7.82 Å². The van der Waals surface area contributed by atoms with Crippen LogP contribution in [0.2, 0.25) is 0 Å². The highest BCUT2D eigenvalue weighted by molar-refractivity contribution is 7.45. The molecule has 0 heterocycles. The Kier molecular flexibility index (Phi) is 54.0. The molecule has 1 amide bonds. The number of phosphoric ester groups is 1. The number of hydrogen-bond acceptors (Lipinski definition) is 6. The molecule has 0 aromatic carbocycles. The van der Waals surface area contributed by atoms with Gasteiger partial charge in [-0.05, 0) is 44.9 Å². The van der Waals surface area contributed by atoms with E-state index in [1.165, 1.54) is 263 Å². The van der Waals surface area contributed by atoms with Gasteiger partial charge in [-0.15, -0.1) is 0 Å². The zero-order valence-electron chi connectivity index (χ0n) is 48.9. The first-order chi connectivity index (χ1) is 35.0. The van der Waals surface area contributed by atoms with Gasteiger partial charge in [0.1, 0.15) is 13.2 Å². The Labute approximate surface area is 449 Å². The highest BCUT2D eigenvalue weighted by Gasteiger charge is 2.23. The molecule has 72 heavy (non-hydrogen) atoms. The van der Waals surface area contributed by atoms with Crippen LogP contribution < -0.4 is 10.2 Å². The van der Waals surface area contributed by atoms with E-state index in [4.69, 9.17) is 9.05 Å². The van der Waals surface area contributed by atoms with Gasteiger partial charge in [0, 0.05) is 6.42 Å². The summed E-state index contributed by atoms with van der Waals surface area (Å²) in [5, 5.41) is 13.9. The maximum Gasteiger partial charge on any atom is 0.268 e. The molecular formula is C63H125N2O6P. The number of nitrogens with zero attached hydrogens (tertiary/aromatic N) is 1. The van der Waals surface area contributed by atoms with Crippen LogP contribution in [0.15, 0.2) is 24.3 Å². The quantitative estimate of drug-likeness (QED) is 0.0272. The number of aliphatic hydroxyl groups excluding tert-OH is 1. The van der Waals surface area contributed by atoms with E-state index in [1.807, 2.05) is 27.2 Å². The molecule has 0 aliphatic carbocycles. The number of carbonyl (C=O) groups is 1. The maximum atomic E-state index is 13.0. The van der Waals surface area contributed by atoms with Gasteiger partial charge in [-0.2, -0.15) is 0 Å². The van der Waals surface area contributed by atoms with Gasteiger partial charge >= 0.3 is 0 Å². The lowest BCUT2D eigenvalue weighted by molar-refractivity contribution is -0.870. The molecule has 0 rings (SSSR count). The van der Waals surface area contributed by atoms with Crippen molar-refractivity contribution >= 4 is 13.7 Å². The molecule has 0 aromatic rings. The number of allylic oxidation sites excluding steroid dienone is 3. The number of carbonyl (C=O) groups excluding carboxylic acids is 1. The number of hydrogen-bond donors (Lipinski definition) is 2. The summed E-state index contributed by atoms with van der Waals surface area (Å²) in [6.07, 6.45) is 69.8. The summed E-state index contributed by atoms with van der Waals surface area (Å²) < 4.78 is 23.4. The number of phosphoric acid groups is 1. The lowest BCUT2D eigenvalue weighted by atomic mass is 10.0. The van der Waals surface area contributed by atoms with Crippen molar-refractivity contribution in [2.45, 2.75) is 334 Å². The van der Waals surface area contributed by atoms with E-state index in [0.717, 1.165) is 38.5 Å². The summed E-state index contributed by atoms with van der Waals surface area (Å²) in [4.78, 5) is 25.6. The molecule has 3 unspecified atom stereocenters. The first-order valence-corrected chi connectivity index (χ1v) is 33.2. The number of quaternary nitrogens is 1. The fourth-order valence-corrected chi connectivity index (χ4v) is 10.4. The molecule has 0 spiro atoms. The van der Waals surface area contributed by atoms with Crippen LogP contribution in [-0.4, -0.2) is 68.5 Å². The van der Waals surface area contributed by atoms with Gasteiger partial charge < -0.3 is 28.8 Å². The standard InChI is InChI=1S/C63H125N2O6P/c1-6-8-10-12-14-16-18-20-22-24-26-28-30-31-32-33-35-37-39-41-43-45-47-49-51-53-55-57-63(67)64-61(60-71-72(68,69)70-59-58-65(3,4)5)62(66)56-54-52-50-48-46-44-42-40-38-36-34-29-27-25-23-21-19-17-15-13-11-9-7-2/h24,26,54,56,61-62,66H,6-23,25,27-53,55,57-60H2,1-5H3,(H-,64,67,68,69)/b26-24-,56-54+. The van der Waals surface area contributed by atoms with Gasteiger partial charge in [0.05, 0.1) is 39.9 Å². The SMILES string of the molecule is CCCCCCCCCC/C=C\CCCCCCCCCCCCCCCCCC(=O)NC(COP(=O)([O-])OCC[N+](C)(C)C)C(O)/C=C/CCCCCCCCCCCCCCCCCCCCCCC. The maximum absolute atomic E-state index is 13.0. The van der Waals surface area contributed by atoms with Crippen molar-refractivity contribution in [1.82, 2.24) is 5.32 Å². The van der Waals surface area contributed by atoms with Crippen molar-refractivity contribution in [3.63, 3.8) is 0 Å². The van der Waals surface area contributed by atoms with Gasteiger partial charge in [-0.1, -0.05) is 295 Å². The third kappa shape index (κ3) is 56.7. The molecular weight excluding hydrogens is 912 g/mol. The van der Waals surface area contributed by atoms with Crippen LogP contribution in [0.3, 0.4) is 0 Å². The zero-order valence-corrected chi connectivity index (χ0v) is 49.8. The second-order valence-electron chi connectivity index (χ2n) is 23.1. The highest BCUT2D eigenvalue weighted by atomic mass is 31.2. The summed E-state index contributed by atoms with van der Waals surface area (Å²) >= 11 is 0. The van der Waals surface area contributed by atoms with E-state index in [9.17, 15) is 19.4 Å². The molecule has 0 radical (unpaired) electrons. The van der Waals surface area contributed by atoms with Crippen molar-refractivity contribution in [1.29, 1.82) is 0 Å². The van der Waals surface area contributed by atoms with E-state index < -0.39 is 20.0 Å². The molecule has 9 heteroatoms. The Hall–Kier alpha value is -1.02. The number of unbranched alkanes of at least 4 members (excludes halogenated alkanes) is 44. The smallest absolute Gasteiger partial charge is 0.268 e.